The van der Waals surface area contributed by atoms with E-state index in [0.29, 0.717) is 6.61 Å². The van der Waals surface area contributed by atoms with Crippen molar-refractivity contribution in [1.29, 1.82) is 0 Å². The summed E-state index contributed by atoms with van der Waals surface area (Å²) in [5.74, 6) is 0.968. The number of nitrogens with two attached hydrogens (primary N) is 1. The SMILES string of the molecule is CN1C(=O)C2(N=C1N)c1cc(Br)ccc1OCC21CC1. The molecule has 1 aromatic rings. The zero-order chi connectivity index (χ0) is 14.1. The van der Waals surface area contributed by atoms with E-state index < -0.39 is 5.54 Å². The molecule has 2 spiro atoms. The third-order valence-corrected chi connectivity index (χ3v) is 5.19. The van der Waals surface area contributed by atoms with Crippen LogP contribution in [0.2, 0.25) is 0 Å². The Morgan fingerprint density at radius 3 is 2.80 bits per heavy atom. The van der Waals surface area contributed by atoms with Gasteiger partial charge in [-0.2, -0.15) is 0 Å². The van der Waals surface area contributed by atoms with Gasteiger partial charge in [-0.3, -0.25) is 9.69 Å². The lowest BCUT2D eigenvalue weighted by atomic mass is 9.73. The number of hydrogen-bond acceptors (Lipinski definition) is 4. The van der Waals surface area contributed by atoms with Crippen molar-refractivity contribution in [3.8, 4) is 5.75 Å². The summed E-state index contributed by atoms with van der Waals surface area (Å²) in [4.78, 5) is 18.9. The second kappa shape index (κ2) is 3.55. The minimum absolute atomic E-state index is 0.0462. The van der Waals surface area contributed by atoms with E-state index in [9.17, 15) is 4.79 Å². The number of rotatable bonds is 0. The fourth-order valence-corrected chi connectivity index (χ4v) is 3.70. The van der Waals surface area contributed by atoms with Crippen molar-refractivity contribution in [2.75, 3.05) is 13.7 Å². The average Bonchev–Trinajstić information content (AvgIpc) is 3.17. The first-order valence-electron chi connectivity index (χ1n) is 6.56. The van der Waals surface area contributed by atoms with Crippen molar-refractivity contribution in [1.82, 2.24) is 4.90 Å². The Bertz CT molecular complexity index is 668. The Morgan fingerprint density at radius 2 is 2.20 bits per heavy atom. The number of likely N-dealkylation sites (N-methyl/N-ethyl adjacent to an activating group) is 1. The minimum atomic E-state index is -0.900. The maximum atomic E-state index is 12.9. The van der Waals surface area contributed by atoms with Gasteiger partial charge in [-0.1, -0.05) is 15.9 Å². The molecule has 6 heteroatoms. The smallest absolute Gasteiger partial charge is 0.262 e. The van der Waals surface area contributed by atoms with Gasteiger partial charge in [0, 0.05) is 22.5 Å². The fourth-order valence-electron chi connectivity index (χ4n) is 3.34. The van der Waals surface area contributed by atoms with Crippen LogP contribution >= 0.6 is 15.9 Å². The number of benzene rings is 1. The van der Waals surface area contributed by atoms with Gasteiger partial charge in [-0.05, 0) is 31.0 Å². The molecule has 1 saturated carbocycles. The third-order valence-electron chi connectivity index (χ3n) is 4.70. The number of halogens is 1. The van der Waals surface area contributed by atoms with Crippen molar-refractivity contribution in [3.63, 3.8) is 0 Å². The first kappa shape index (κ1) is 12.2. The highest BCUT2D eigenvalue weighted by Crippen LogP contribution is 2.65. The molecule has 20 heavy (non-hydrogen) atoms. The van der Waals surface area contributed by atoms with Crippen molar-refractivity contribution in [3.05, 3.63) is 28.2 Å². The Balaban J connectivity index is 2.02. The molecule has 2 N–H and O–H groups in total. The second-order valence-electron chi connectivity index (χ2n) is 5.75. The number of aliphatic imine (C=N–C) groups is 1. The Kier molecular flexibility index (Phi) is 2.17. The Morgan fingerprint density at radius 1 is 1.45 bits per heavy atom. The molecule has 0 bridgehead atoms. The maximum absolute atomic E-state index is 12.9. The first-order valence-corrected chi connectivity index (χ1v) is 7.36. The summed E-state index contributed by atoms with van der Waals surface area (Å²) in [6.45, 7) is 0.526. The number of hydrogen-bond donors (Lipinski definition) is 1. The topological polar surface area (TPSA) is 67.9 Å². The van der Waals surface area contributed by atoms with Crippen LogP contribution in [0.1, 0.15) is 18.4 Å². The van der Waals surface area contributed by atoms with E-state index >= 15 is 0 Å². The molecular formula is C14H14BrN3O2. The van der Waals surface area contributed by atoms with Crippen LogP contribution in [-0.2, 0) is 10.3 Å². The molecule has 1 amide bonds. The molecule has 1 fully saturated rings. The van der Waals surface area contributed by atoms with Crippen molar-refractivity contribution < 1.29 is 9.53 Å². The zero-order valence-electron chi connectivity index (χ0n) is 11.0. The molecule has 1 aromatic carbocycles. The van der Waals surface area contributed by atoms with Gasteiger partial charge in [-0.25, -0.2) is 4.99 Å². The highest BCUT2D eigenvalue weighted by molar-refractivity contribution is 9.10. The number of carbonyl (C=O) groups excluding carboxylic acids is 1. The van der Waals surface area contributed by atoms with E-state index in [2.05, 4.69) is 20.9 Å². The van der Waals surface area contributed by atoms with Gasteiger partial charge in [0.1, 0.15) is 5.75 Å². The molecule has 1 atom stereocenters. The van der Waals surface area contributed by atoms with Crippen LogP contribution < -0.4 is 10.5 Å². The fraction of sp³-hybridized carbons (Fsp3) is 0.429. The molecule has 1 unspecified atom stereocenters. The maximum Gasteiger partial charge on any atom is 0.262 e. The van der Waals surface area contributed by atoms with Crippen LogP contribution in [0.4, 0.5) is 0 Å². The normalized spacial score (nSPS) is 29.4. The first-order chi connectivity index (χ1) is 9.50. The molecule has 0 aromatic heterocycles. The van der Waals surface area contributed by atoms with Gasteiger partial charge < -0.3 is 10.5 Å². The average molecular weight is 336 g/mol. The Labute approximate surface area is 124 Å². The molecule has 2 aliphatic heterocycles. The zero-order valence-corrected chi connectivity index (χ0v) is 12.6. The monoisotopic (exact) mass is 335 g/mol. The summed E-state index contributed by atoms with van der Waals surface area (Å²) in [6, 6.07) is 5.73. The van der Waals surface area contributed by atoms with E-state index in [1.54, 1.807) is 7.05 Å². The van der Waals surface area contributed by atoms with Crippen molar-refractivity contribution in [2.45, 2.75) is 18.4 Å². The second-order valence-corrected chi connectivity index (χ2v) is 6.67. The van der Waals surface area contributed by atoms with Crippen LogP contribution in [-0.4, -0.2) is 30.4 Å². The van der Waals surface area contributed by atoms with Gasteiger partial charge in [0.15, 0.2) is 11.5 Å². The summed E-state index contributed by atoms with van der Waals surface area (Å²) in [6.07, 6.45) is 1.88. The van der Waals surface area contributed by atoms with Crippen LogP contribution in [0.5, 0.6) is 5.75 Å². The van der Waals surface area contributed by atoms with Crippen LogP contribution in [0.15, 0.2) is 27.7 Å². The lowest BCUT2D eigenvalue weighted by Gasteiger charge is -2.39. The number of ether oxygens (including phenoxy) is 1. The predicted octanol–water partition coefficient (Wildman–Crippen LogP) is 1.60. The molecule has 0 saturated heterocycles. The number of carbonyl (C=O) groups is 1. The quantitative estimate of drug-likeness (QED) is 0.783. The van der Waals surface area contributed by atoms with Gasteiger partial charge in [-0.15, -0.1) is 0 Å². The van der Waals surface area contributed by atoms with E-state index in [1.807, 2.05) is 18.2 Å². The highest BCUT2D eigenvalue weighted by atomic mass is 79.9. The molecular weight excluding hydrogens is 322 g/mol. The minimum Gasteiger partial charge on any atom is -0.492 e. The molecule has 0 radical (unpaired) electrons. The summed E-state index contributed by atoms with van der Waals surface area (Å²) in [5, 5.41) is 0. The standard InChI is InChI=1S/C14H14BrN3O2/c1-18-11(19)14(17-12(18)16)9-6-8(15)2-3-10(9)20-7-13(14)4-5-13/h2-3,6H,4-5,7H2,1H3,(H2,16,17). The molecule has 2 heterocycles. The number of nitrogens with zero attached hydrogens (tertiary/aromatic N) is 2. The molecule has 4 rings (SSSR count). The lowest BCUT2D eigenvalue weighted by Crippen LogP contribution is -2.50. The molecule has 104 valence electrons. The van der Waals surface area contributed by atoms with E-state index in [1.165, 1.54) is 4.90 Å². The molecule has 3 aliphatic rings. The molecule has 1 aliphatic carbocycles. The number of amides is 1. The van der Waals surface area contributed by atoms with E-state index in [0.717, 1.165) is 28.6 Å². The summed E-state index contributed by atoms with van der Waals surface area (Å²) in [5.41, 5.74) is 5.62. The van der Waals surface area contributed by atoms with Crippen molar-refractivity contribution >= 4 is 27.8 Å². The van der Waals surface area contributed by atoms with Crippen LogP contribution in [0.25, 0.3) is 0 Å². The van der Waals surface area contributed by atoms with E-state index in [-0.39, 0.29) is 17.3 Å². The lowest BCUT2D eigenvalue weighted by molar-refractivity contribution is -0.134. The number of fused-ring (bicyclic) bond motifs is 3. The summed E-state index contributed by atoms with van der Waals surface area (Å²) in [7, 11) is 1.68. The largest absolute Gasteiger partial charge is 0.492 e. The third kappa shape index (κ3) is 1.23. The molecule has 5 nitrogen and oxygen atoms in total. The van der Waals surface area contributed by atoms with Gasteiger partial charge in [0.2, 0.25) is 0 Å². The van der Waals surface area contributed by atoms with Crippen LogP contribution in [0.3, 0.4) is 0 Å². The summed E-state index contributed by atoms with van der Waals surface area (Å²) < 4.78 is 6.77. The van der Waals surface area contributed by atoms with Gasteiger partial charge >= 0.3 is 0 Å². The Hall–Kier alpha value is -1.56. The highest BCUT2D eigenvalue weighted by Gasteiger charge is 2.70. The van der Waals surface area contributed by atoms with Gasteiger partial charge in [0.05, 0.1) is 6.61 Å². The van der Waals surface area contributed by atoms with Gasteiger partial charge in [0.25, 0.3) is 5.91 Å². The van der Waals surface area contributed by atoms with Crippen molar-refractivity contribution in [2.24, 2.45) is 16.1 Å². The van der Waals surface area contributed by atoms with E-state index in [4.69, 9.17) is 10.5 Å². The number of guanidine groups is 1. The predicted molar refractivity (Wildman–Crippen MR) is 77.4 cm³/mol. The van der Waals surface area contributed by atoms with Crippen LogP contribution in [0, 0.1) is 5.41 Å². The summed E-state index contributed by atoms with van der Waals surface area (Å²) >= 11 is 3.47.